The fourth-order valence-corrected chi connectivity index (χ4v) is 3.49. The zero-order valence-electron chi connectivity index (χ0n) is 6.96. The van der Waals surface area contributed by atoms with Crippen LogP contribution < -0.4 is 0 Å². The van der Waals surface area contributed by atoms with Crippen LogP contribution in [0.3, 0.4) is 0 Å². The molecule has 0 aliphatic carbocycles. The Morgan fingerprint density at radius 1 is 1.58 bits per heavy atom. The summed E-state index contributed by atoms with van der Waals surface area (Å²) in [5.41, 5.74) is 1.20. The van der Waals surface area contributed by atoms with E-state index < -0.39 is 0 Å². The molecule has 1 amide bonds. The van der Waals surface area contributed by atoms with Crippen LogP contribution in [0.25, 0.3) is 0 Å². The van der Waals surface area contributed by atoms with Gasteiger partial charge >= 0.3 is 0 Å². The molecule has 0 aromatic carbocycles. The summed E-state index contributed by atoms with van der Waals surface area (Å²) < 4.78 is 2.98. The Labute approximate surface area is 79.7 Å². The van der Waals surface area contributed by atoms with Gasteiger partial charge in [0.2, 0.25) is 5.91 Å². The molecule has 0 spiro atoms. The number of hydrogen-bond donors (Lipinski definition) is 0. The zero-order chi connectivity index (χ0) is 8.72. The molecule has 64 valence electrons. The zero-order valence-corrected chi connectivity index (χ0v) is 8.59. The summed E-state index contributed by atoms with van der Waals surface area (Å²) >= 11 is 3.31. The Kier molecular flexibility index (Phi) is 1.88. The monoisotopic (exact) mass is 199 g/mol. The second-order valence-corrected chi connectivity index (χ2v) is 5.48. The van der Waals surface area contributed by atoms with Crippen LogP contribution in [-0.4, -0.2) is 17.3 Å². The molecule has 1 aliphatic rings. The van der Waals surface area contributed by atoms with Gasteiger partial charge in [-0.3, -0.25) is 9.10 Å². The van der Waals surface area contributed by atoms with E-state index in [2.05, 4.69) is 13.0 Å². The van der Waals surface area contributed by atoms with Crippen molar-refractivity contribution in [3.63, 3.8) is 0 Å². The standard InChI is InChI=1S/C8H9NOS2/c1-5-3-6-4-7(10)9(2)12-8(6)11-5/h3H,4H2,1-2H3. The van der Waals surface area contributed by atoms with Gasteiger partial charge < -0.3 is 0 Å². The quantitative estimate of drug-likeness (QED) is 0.596. The minimum Gasteiger partial charge on any atom is -0.284 e. The van der Waals surface area contributed by atoms with Crippen LogP contribution in [0.1, 0.15) is 10.4 Å². The van der Waals surface area contributed by atoms with Crippen molar-refractivity contribution in [3.05, 3.63) is 16.5 Å². The molecule has 0 saturated heterocycles. The summed E-state index contributed by atoms with van der Waals surface area (Å²) in [4.78, 5) is 12.6. The van der Waals surface area contributed by atoms with Crippen molar-refractivity contribution in [2.24, 2.45) is 0 Å². The molecule has 1 aromatic rings. The average Bonchev–Trinajstić information content (AvgIpc) is 2.30. The van der Waals surface area contributed by atoms with E-state index in [4.69, 9.17) is 0 Å². The van der Waals surface area contributed by atoms with Crippen LogP contribution >= 0.6 is 23.3 Å². The predicted molar refractivity (Wildman–Crippen MR) is 51.4 cm³/mol. The first-order chi connectivity index (χ1) is 5.66. The predicted octanol–water partition coefficient (Wildman–Crippen LogP) is 2.08. The van der Waals surface area contributed by atoms with Gasteiger partial charge in [-0.25, -0.2) is 0 Å². The third-order valence-electron chi connectivity index (χ3n) is 1.81. The molecule has 12 heavy (non-hydrogen) atoms. The second-order valence-electron chi connectivity index (χ2n) is 2.83. The van der Waals surface area contributed by atoms with Gasteiger partial charge in [0.25, 0.3) is 0 Å². The number of thiophene rings is 1. The number of likely N-dealkylation sites (N-methyl/N-ethyl adjacent to an activating group) is 1. The second kappa shape index (κ2) is 2.78. The Bertz CT molecular complexity index is 332. The summed E-state index contributed by atoms with van der Waals surface area (Å²) in [5, 5.41) is 0. The van der Waals surface area contributed by atoms with Crippen LogP contribution in [0.4, 0.5) is 0 Å². The fraction of sp³-hybridized carbons (Fsp3) is 0.375. The van der Waals surface area contributed by atoms with Crippen molar-refractivity contribution >= 4 is 29.2 Å². The third kappa shape index (κ3) is 1.25. The lowest BCUT2D eigenvalue weighted by Crippen LogP contribution is -2.24. The highest BCUT2D eigenvalue weighted by Crippen LogP contribution is 2.37. The minimum absolute atomic E-state index is 0.199. The molecule has 2 rings (SSSR count). The van der Waals surface area contributed by atoms with Gasteiger partial charge in [0.15, 0.2) is 0 Å². The van der Waals surface area contributed by atoms with Crippen LogP contribution in [0.5, 0.6) is 0 Å². The molecular weight excluding hydrogens is 190 g/mol. The maximum absolute atomic E-state index is 11.3. The van der Waals surface area contributed by atoms with Crippen LogP contribution in [0.15, 0.2) is 10.3 Å². The molecule has 1 aliphatic heterocycles. The first kappa shape index (κ1) is 8.13. The van der Waals surface area contributed by atoms with E-state index in [-0.39, 0.29) is 5.91 Å². The lowest BCUT2D eigenvalue weighted by atomic mass is 10.2. The van der Waals surface area contributed by atoms with Crippen molar-refractivity contribution in [3.8, 4) is 0 Å². The first-order valence-corrected chi connectivity index (χ1v) is 5.29. The molecule has 0 fully saturated rings. The lowest BCUT2D eigenvalue weighted by molar-refractivity contribution is -0.124. The molecule has 0 bridgehead atoms. The van der Waals surface area contributed by atoms with E-state index in [1.807, 2.05) is 7.05 Å². The van der Waals surface area contributed by atoms with Gasteiger partial charge in [0.1, 0.15) is 0 Å². The van der Waals surface area contributed by atoms with Crippen LogP contribution in [0, 0.1) is 6.92 Å². The van der Waals surface area contributed by atoms with Crippen molar-refractivity contribution in [2.75, 3.05) is 7.05 Å². The first-order valence-electron chi connectivity index (χ1n) is 3.70. The van der Waals surface area contributed by atoms with Crippen molar-refractivity contribution in [1.82, 2.24) is 4.31 Å². The summed E-state index contributed by atoms with van der Waals surface area (Å²) in [7, 11) is 1.82. The fourth-order valence-electron chi connectivity index (χ4n) is 1.20. The molecule has 0 saturated carbocycles. The number of fused-ring (bicyclic) bond motifs is 1. The Morgan fingerprint density at radius 2 is 2.33 bits per heavy atom. The van der Waals surface area contributed by atoms with E-state index in [0.29, 0.717) is 6.42 Å². The maximum Gasteiger partial charge on any atom is 0.236 e. The van der Waals surface area contributed by atoms with E-state index in [1.165, 1.54) is 14.6 Å². The lowest BCUT2D eigenvalue weighted by Gasteiger charge is -2.20. The van der Waals surface area contributed by atoms with E-state index in [9.17, 15) is 4.79 Å². The minimum atomic E-state index is 0.199. The van der Waals surface area contributed by atoms with E-state index in [1.54, 1.807) is 27.6 Å². The normalized spacial score (nSPS) is 16.5. The van der Waals surface area contributed by atoms with Gasteiger partial charge in [-0.1, -0.05) is 0 Å². The van der Waals surface area contributed by atoms with E-state index >= 15 is 0 Å². The summed E-state index contributed by atoms with van der Waals surface area (Å²) in [6.07, 6.45) is 0.573. The Balaban J connectivity index is 2.39. The highest BCUT2D eigenvalue weighted by Gasteiger charge is 2.22. The number of nitrogens with zero attached hydrogens (tertiary/aromatic N) is 1. The molecule has 0 N–H and O–H groups in total. The summed E-state index contributed by atoms with van der Waals surface area (Å²) in [5.74, 6) is 0.199. The highest BCUT2D eigenvalue weighted by molar-refractivity contribution is 7.99. The van der Waals surface area contributed by atoms with Crippen molar-refractivity contribution < 1.29 is 4.79 Å². The van der Waals surface area contributed by atoms with E-state index in [0.717, 1.165) is 0 Å². The number of hydrogen-bond acceptors (Lipinski definition) is 3. The topological polar surface area (TPSA) is 20.3 Å². The van der Waals surface area contributed by atoms with Gasteiger partial charge in [-0.05, 0) is 18.6 Å². The SMILES string of the molecule is Cc1cc2c(s1)SN(C)C(=O)C2. The summed E-state index contributed by atoms with van der Waals surface area (Å²) in [6.45, 7) is 2.08. The molecular formula is C8H9NOS2. The molecule has 0 unspecified atom stereocenters. The molecule has 0 radical (unpaired) electrons. The molecule has 2 heterocycles. The summed E-state index contributed by atoms with van der Waals surface area (Å²) in [6, 6.07) is 2.11. The number of amides is 1. The Morgan fingerprint density at radius 3 is 3.08 bits per heavy atom. The van der Waals surface area contributed by atoms with Crippen LogP contribution in [0.2, 0.25) is 0 Å². The van der Waals surface area contributed by atoms with Crippen molar-refractivity contribution in [2.45, 2.75) is 17.6 Å². The molecule has 1 aromatic heterocycles. The smallest absolute Gasteiger partial charge is 0.236 e. The van der Waals surface area contributed by atoms with Gasteiger partial charge in [-0.15, -0.1) is 11.3 Å². The maximum atomic E-state index is 11.3. The third-order valence-corrected chi connectivity index (χ3v) is 4.07. The number of aryl methyl sites for hydroxylation is 1. The molecule has 4 heteroatoms. The molecule has 0 atom stereocenters. The Hall–Kier alpha value is -0.480. The van der Waals surface area contributed by atoms with Gasteiger partial charge in [0.05, 0.1) is 10.6 Å². The highest BCUT2D eigenvalue weighted by atomic mass is 32.2. The van der Waals surface area contributed by atoms with Gasteiger partial charge in [-0.2, -0.15) is 0 Å². The van der Waals surface area contributed by atoms with Crippen molar-refractivity contribution in [1.29, 1.82) is 0 Å². The van der Waals surface area contributed by atoms with Gasteiger partial charge in [0, 0.05) is 23.9 Å². The van der Waals surface area contributed by atoms with Crippen LogP contribution in [-0.2, 0) is 11.2 Å². The molecule has 2 nitrogen and oxygen atoms in total. The average molecular weight is 199 g/mol. The largest absolute Gasteiger partial charge is 0.284 e. The number of carbonyl (C=O) groups excluding carboxylic acids is 1. The number of carbonyl (C=O) groups is 1. The number of rotatable bonds is 0.